The van der Waals surface area contributed by atoms with Crippen molar-refractivity contribution < 1.29 is 40.6 Å². The molecule has 0 atom stereocenters. The summed E-state index contributed by atoms with van der Waals surface area (Å²) >= 11 is 6.72. The van der Waals surface area contributed by atoms with Gasteiger partial charge in [-0.15, -0.1) is 0 Å². The molecule has 3 aromatic carbocycles. The van der Waals surface area contributed by atoms with E-state index in [0.717, 1.165) is 28.5 Å². The summed E-state index contributed by atoms with van der Waals surface area (Å²) in [5.74, 6) is 1.86. The molecule has 1 aliphatic heterocycles. The lowest BCUT2D eigenvalue weighted by Crippen LogP contribution is -2.32. The van der Waals surface area contributed by atoms with E-state index in [1.807, 2.05) is 48.0 Å². The van der Waals surface area contributed by atoms with Gasteiger partial charge in [0.1, 0.15) is 37.9 Å². The Balaban J connectivity index is 1.38. The number of rotatable bonds is 15. The fraction of sp³-hybridized carbons (Fsp3) is 0.294. The standard InChI is InChI=1S/C34H36ClN3O9S2/c1-23-26(5-4-6-29(23)25-7-8-31-34(15-25)45-11-10-44-31)21-47-33-16-32(46-20-24-13-28(18-36-17-24)48(3,40)41)27(14-30(33)35)19-38(2)9-12-49(42,43)37-22-39/h4-8,13-18,22H,9-12,19-21H2,1-3H3,(H,37,39). The quantitative estimate of drug-likeness (QED) is 0.172. The van der Waals surface area contributed by atoms with Crippen LogP contribution in [-0.2, 0) is 44.4 Å². The van der Waals surface area contributed by atoms with Gasteiger partial charge in [0.25, 0.3) is 0 Å². The van der Waals surface area contributed by atoms with Crippen LogP contribution in [0.25, 0.3) is 11.1 Å². The average Bonchev–Trinajstić information content (AvgIpc) is 3.06. The number of fused-ring (bicyclic) bond motifs is 1. The van der Waals surface area contributed by atoms with Crippen molar-refractivity contribution in [2.45, 2.75) is 31.6 Å². The highest BCUT2D eigenvalue weighted by Gasteiger charge is 2.18. The second-order valence-electron chi connectivity index (χ2n) is 11.5. The average molecular weight is 730 g/mol. The van der Waals surface area contributed by atoms with Gasteiger partial charge in [0.15, 0.2) is 21.3 Å². The molecule has 12 nitrogen and oxygen atoms in total. The Kier molecular flexibility index (Phi) is 11.3. The van der Waals surface area contributed by atoms with E-state index < -0.39 is 19.9 Å². The van der Waals surface area contributed by atoms with Crippen molar-refractivity contribution in [3.8, 4) is 34.1 Å². The minimum absolute atomic E-state index is 0.0114. The first-order chi connectivity index (χ1) is 23.3. The fourth-order valence-electron chi connectivity index (χ4n) is 5.15. The summed E-state index contributed by atoms with van der Waals surface area (Å²) in [6.45, 7) is 3.57. The number of carbonyl (C=O) groups is 1. The van der Waals surface area contributed by atoms with Gasteiger partial charge in [0.05, 0.1) is 15.7 Å². The molecule has 0 saturated heterocycles. The van der Waals surface area contributed by atoms with Gasteiger partial charge < -0.3 is 23.8 Å². The lowest BCUT2D eigenvalue weighted by Gasteiger charge is -2.21. The molecule has 0 bridgehead atoms. The number of halogens is 1. The molecular weight excluding hydrogens is 694 g/mol. The van der Waals surface area contributed by atoms with Gasteiger partial charge in [-0.2, -0.15) is 0 Å². The van der Waals surface area contributed by atoms with E-state index in [1.54, 1.807) is 24.1 Å². The fourth-order valence-corrected chi connectivity index (χ4v) is 6.82. The summed E-state index contributed by atoms with van der Waals surface area (Å²) in [6.07, 6.45) is 4.01. The first-order valence-corrected chi connectivity index (χ1v) is 19.1. The number of hydrogen-bond donors (Lipinski definition) is 1. The largest absolute Gasteiger partial charge is 0.488 e. The molecule has 4 aromatic rings. The first-order valence-electron chi connectivity index (χ1n) is 15.2. The molecule has 1 N–H and O–H groups in total. The second-order valence-corrected chi connectivity index (χ2v) is 15.8. The number of ether oxygens (including phenoxy) is 4. The normalized spacial score (nSPS) is 12.8. The van der Waals surface area contributed by atoms with E-state index in [9.17, 15) is 21.6 Å². The topological polar surface area (TPSA) is 150 Å². The van der Waals surface area contributed by atoms with Crippen molar-refractivity contribution >= 4 is 37.9 Å². The van der Waals surface area contributed by atoms with Gasteiger partial charge in [-0.1, -0.05) is 35.9 Å². The van der Waals surface area contributed by atoms with E-state index in [4.69, 9.17) is 30.5 Å². The zero-order valence-corrected chi connectivity index (χ0v) is 29.5. The maximum Gasteiger partial charge on any atom is 0.235 e. The summed E-state index contributed by atoms with van der Waals surface area (Å²) < 4.78 is 73.8. The van der Waals surface area contributed by atoms with Crippen LogP contribution in [-0.4, -0.2) is 71.9 Å². The molecule has 260 valence electrons. The SMILES string of the molecule is Cc1c(COc2cc(OCc3cncc(S(C)(=O)=O)c3)c(CN(C)CCS(=O)(=O)NC=O)cc2Cl)cccc1-c1ccc2c(c1)OCCO2. The van der Waals surface area contributed by atoms with E-state index in [-0.39, 0.29) is 43.4 Å². The molecule has 0 saturated carbocycles. The molecule has 1 aromatic heterocycles. The Morgan fingerprint density at radius 2 is 1.69 bits per heavy atom. The molecule has 15 heteroatoms. The number of aromatic nitrogens is 1. The van der Waals surface area contributed by atoms with Gasteiger partial charge in [-0.05, 0) is 60.5 Å². The summed E-state index contributed by atoms with van der Waals surface area (Å²) in [5, 5.41) is 0.312. The highest BCUT2D eigenvalue weighted by molar-refractivity contribution is 7.90. The van der Waals surface area contributed by atoms with Crippen molar-refractivity contribution in [2.24, 2.45) is 0 Å². The molecule has 0 unspecified atom stereocenters. The maximum atomic E-state index is 12.1. The van der Waals surface area contributed by atoms with Gasteiger partial charge in [-0.25, -0.2) is 16.8 Å². The third-order valence-electron chi connectivity index (χ3n) is 7.80. The highest BCUT2D eigenvalue weighted by Crippen LogP contribution is 2.38. The van der Waals surface area contributed by atoms with Crippen LogP contribution >= 0.6 is 11.6 Å². The molecule has 2 heterocycles. The van der Waals surface area contributed by atoms with Gasteiger partial charge in [0.2, 0.25) is 16.4 Å². The van der Waals surface area contributed by atoms with E-state index in [0.29, 0.717) is 52.4 Å². The number of sulfone groups is 1. The van der Waals surface area contributed by atoms with Crippen LogP contribution in [0, 0.1) is 6.92 Å². The third-order valence-corrected chi connectivity index (χ3v) is 10.3. The molecule has 1 amide bonds. The number of carbonyl (C=O) groups excluding carboxylic acids is 1. The van der Waals surface area contributed by atoms with Crippen molar-refractivity contribution in [3.63, 3.8) is 0 Å². The molecule has 5 rings (SSSR count). The first kappa shape index (κ1) is 35.9. The summed E-state index contributed by atoms with van der Waals surface area (Å²) in [7, 11) is -5.54. The van der Waals surface area contributed by atoms with Crippen molar-refractivity contribution in [2.75, 3.05) is 38.8 Å². The van der Waals surface area contributed by atoms with Crippen LogP contribution in [0.1, 0.15) is 22.3 Å². The van der Waals surface area contributed by atoms with Crippen LogP contribution in [0.2, 0.25) is 5.02 Å². The number of pyridine rings is 1. The number of amides is 1. The van der Waals surface area contributed by atoms with Crippen LogP contribution < -0.4 is 23.7 Å². The van der Waals surface area contributed by atoms with Gasteiger partial charge in [-0.3, -0.25) is 14.5 Å². The monoisotopic (exact) mass is 729 g/mol. The molecule has 49 heavy (non-hydrogen) atoms. The van der Waals surface area contributed by atoms with E-state index in [1.165, 1.54) is 18.5 Å². The Bertz CT molecular complexity index is 2060. The lowest BCUT2D eigenvalue weighted by atomic mass is 9.96. The van der Waals surface area contributed by atoms with Crippen LogP contribution in [0.4, 0.5) is 0 Å². The van der Waals surface area contributed by atoms with E-state index >= 15 is 0 Å². The molecule has 0 aliphatic carbocycles. The Morgan fingerprint density at radius 3 is 2.45 bits per heavy atom. The van der Waals surface area contributed by atoms with Crippen LogP contribution in [0.15, 0.2) is 71.9 Å². The molecule has 0 spiro atoms. The second kappa shape index (κ2) is 15.5. The van der Waals surface area contributed by atoms with Gasteiger partial charge >= 0.3 is 0 Å². The van der Waals surface area contributed by atoms with Crippen molar-refractivity contribution in [1.82, 2.24) is 14.6 Å². The van der Waals surface area contributed by atoms with Crippen molar-refractivity contribution in [1.29, 1.82) is 0 Å². The Labute approximate surface area is 290 Å². The predicted octanol–water partition coefficient (Wildman–Crippen LogP) is 4.55. The summed E-state index contributed by atoms with van der Waals surface area (Å²) in [4.78, 5) is 16.5. The Morgan fingerprint density at radius 1 is 0.939 bits per heavy atom. The summed E-state index contributed by atoms with van der Waals surface area (Å²) in [5.41, 5.74) is 5.10. The highest BCUT2D eigenvalue weighted by atomic mass is 35.5. The molecular formula is C34H36ClN3O9S2. The minimum atomic E-state index is -3.77. The maximum absolute atomic E-state index is 12.1. The Hall–Kier alpha value is -4.37. The van der Waals surface area contributed by atoms with Crippen LogP contribution in [0.3, 0.4) is 0 Å². The predicted molar refractivity (Wildman–Crippen MR) is 184 cm³/mol. The zero-order valence-electron chi connectivity index (χ0n) is 27.1. The van der Waals surface area contributed by atoms with E-state index in [2.05, 4.69) is 4.98 Å². The van der Waals surface area contributed by atoms with Gasteiger partial charge in [0, 0.05) is 48.9 Å². The van der Waals surface area contributed by atoms with Crippen molar-refractivity contribution in [3.05, 3.63) is 94.3 Å². The summed E-state index contributed by atoms with van der Waals surface area (Å²) in [6, 6.07) is 16.7. The zero-order chi connectivity index (χ0) is 35.2. The lowest BCUT2D eigenvalue weighted by molar-refractivity contribution is -0.108. The molecule has 1 aliphatic rings. The number of sulfonamides is 1. The van der Waals surface area contributed by atoms with Crippen LogP contribution in [0.5, 0.6) is 23.0 Å². The number of hydrogen-bond acceptors (Lipinski definition) is 11. The molecule has 0 fully saturated rings. The third kappa shape index (κ3) is 9.41. The number of nitrogens with one attached hydrogen (secondary N) is 1. The number of nitrogens with zero attached hydrogens (tertiary/aromatic N) is 2. The molecule has 0 radical (unpaired) electrons. The smallest absolute Gasteiger partial charge is 0.235 e. The number of benzene rings is 3. The minimum Gasteiger partial charge on any atom is -0.488 e.